The number of aromatic nitrogens is 1. The first-order valence-electron chi connectivity index (χ1n) is 5.71. The summed E-state index contributed by atoms with van der Waals surface area (Å²) >= 11 is 0. The average Bonchev–Trinajstić information content (AvgIpc) is 2.66. The number of carbonyl (C=O) groups is 1. The summed E-state index contributed by atoms with van der Waals surface area (Å²) in [5.74, 6) is -0.184. The van der Waals surface area contributed by atoms with Crippen LogP contribution in [0.4, 0.5) is 0 Å². The Bertz CT molecular complexity index is 501. The summed E-state index contributed by atoms with van der Waals surface area (Å²) in [6, 6.07) is 10.0. The number of carbonyl (C=O) groups excluding carboxylic acids is 1. The number of H-pyrrole nitrogens is 1. The van der Waals surface area contributed by atoms with Crippen molar-refractivity contribution in [1.29, 1.82) is 0 Å². The molecule has 0 spiro atoms. The van der Waals surface area contributed by atoms with Crippen molar-refractivity contribution in [2.75, 3.05) is 0 Å². The quantitative estimate of drug-likeness (QED) is 0.806. The average molecular weight is 231 g/mol. The van der Waals surface area contributed by atoms with Crippen LogP contribution in [-0.2, 0) is 16.1 Å². The van der Waals surface area contributed by atoms with Gasteiger partial charge in [-0.3, -0.25) is 4.79 Å². The second-order valence-corrected chi connectivity index (χ2v) is 5.21. The van der Waals surface area contributed by atoms with Crippen molar-refractivity contribution in [3.8, 4) is 0 Å². The molecule has 0 atom stereocenters. The largest absolute Gasteiger partial charge is 0.459 e. The van der Waals surface area contributed by atoms with Gasteiger partial charge in [0.25, 0.3) is 0 Å². The maximum absolute atomic E-state index is 11.6. The molecule has 0 saturated carbocycles. The van der Waals surface area contributed by atoms with Gasteiger partial charge in [-0.25, -0.2) is 0 Å². The number of para-hydroxylation sites is 1. The highest BCUT2D eigenvalue weighted by Crippen LogP contribution is 2.18. The van der Waals surface area contributed by atoms with E-state index >= 15 is 0 Å². The minimum absolute atomic E-state index is 0.184. The maximum Gasteiger partial charge on any atom is 0.311 e. The SMILES string of the molecule is CC(C)(C)C(=O)OCc1cc2ccccc2[nH]1. The number of nitrogens with one attached hydrogen (secondary N) is 1. The number of aromatic amines is 1. The Labute approximate surface area is 101 Å². The summed E-state index contributed by atoms with van der Waals surface area (Å²) in [7, 11) is 0. The van der Waals surface area contributed by atoms with E-state index in [9.17, 15) is 4.79 Å². The van der Waals surface area contributed by atoms with E-state index in [-0.39, 0.29) is 5.97 Å². The second kappa shape index (κ2) is 4.24. The number of benzene rings is 1. The van der Waals surface area contributed by atoms with E-state index < -0.39 is 5.41 Å². The molecular weight excluding hydrogens is 214 g/mol. The third-order valence-corrected chi connectivity index (χ3v) is 2.56. The lowest BCUT2D eigenvalue weighted by atomic mass is 9.97. The topological polar surface area (TPSA) is 42.1 Å². The molecule has 0 unspecified atom stereocenters. The second-order valence-electron chi connectivity index (χ2n) is 5.21. The van der Waals surface area contributed by atoms with Crippen molar-refractivity contribution in [3.05, 3.63) is 36.0 Å². The third kappa shape index (κ3) is 2.67. The van der Waals surface area contributed by atoms with Gasteiger partial charge in [0.05, 0.1) is 11.1 Å². The molecular formula is C14H17NO2. The van der Waals surface area contributed by atoms with E-state index in [1.807, 2.05) is 51.1 Å². The Balaban J connectivity index is 2.07. The molecule has 0 bridgehead atoms. The number of hydrogen-bond donors (Lipinski definition) is 1. The Hall–Kier alpha value is -1.77. The molecule has 1 aromatic heterocycles. The first-order valence-corrected chi connectivity index (χ1v) is 5.71. The van der Waals surface area contributed by atoms with Crippen molar-refractivity contribution < 1.29 is 9.53 Å². The number of rotatable bonds is 2. The molecule has 2 rings (SSSR count). The Morgan fingerprint density at radius 1 is 1.29 bits per heavy atom. The molecule has 0 saturated heterocycles. The summed E-state index contributed by atoms with van der Waals surface area (Å²) in [6.45, 7) is 5.84. The van der Waals surface area contributed by atoms with Crippen molar-refractivity contribution >= 4 is 16.9 Å². The number of esters is 1. The van der Waals surface area contributed by atoms with Gasteiger partial charge in [-0.05, 0) is 38.3 Å². The zero-order chi connectivity index (χ0) is 12.5. The van der Waals surface area contributed by atoms with Crippen LogP contribution in [0.15, 0.2) is 30.3 Å². The van der Waals surface area contributed by atoms with Crippen LogP contribution < -0.4 is 0 Å². The highest BCUT2D eigenvalue weighted by molar-refractivity contribution is 5.80. The first-order chi connectivity index (χ1) is 7.97. The molecule has 2 aromatic rings. The molecule has 0 fully saturated rings. The van der Waals surface area contributed by atoms with Crippen molar-refractivity contribution in [2.24, 2.45) is 5.41 Å². The molecule has 0 aliphatic heterocycles. The highest BCUT2D eigenvalue weighted by Gasteiger charge is 2.23. The van der Waals surface area contributed by atoms with Gasteiger partial charge < -0.3 is 9.72 Å². The van der Waals surface area contributed by atoms with Crippen LogP contribution in [0.1, 0.15) is 26.5 Å². The van der Waals surface area contributed by atoms with Crippen LogP contribution in [0, 0.1) is 5.41 Å². The molecule has 0 aliphatic rings. The van der Waals surface area contributed by atoms with Crippen LogP contribution in [0.3, 0.4) is 0 Å². The highest BCUT2D eigenvalue weighted by atomic mass is 16.5. The summed E-state index contributed by atoms with van der Waals surface area (Å²) < 4.78 is 5.25. The Morgan fingerprint density at radius 3 is 2.65 bits per heavy atom. The van der Waals surface area contributed by atoms with E-state index in [2.05, 4.69) is 4.98 Å². The van der Waals surface area contributed by atoms with Gasteiger partial charge in [0, 0.05) is 5.52 Å². The molecule has 0 amide bonds. The minimum atomic E-state index is -0.452. The number of fused-ring (bicyclic) bond motifs is 1. The Morgan fingerprint density at radius 2 is 2.00 bits per heavy atom. The van der Waals surface area contributed by atoms with Gasteiger partial charge in [-0.2, -0.15) is 0 Å². The van der Waals surface area contributed by atoms with E-state index in [0.29, 0.717) is 6.61 Å². The molecule has 17 heavy (non-hydrogen) atoms. The van der Waals surface area contributed by atoms with E-state index in [0.717, 1.165) is 16.6 Å². The van der Waals surface area contributed by atoms with Gasteiger partial charge in [-0.1, -0.05) is 18.2 Å². The molecule has 3 heteroatoms. The summed E-state index contributed by atoms with van der Waals surface area (Å²) in [5, 5.41) is 1.13. The normalized spacial score (nSPS) is 11.7. The monoisotopic (exact) mass is 231 g/mol. The van der Waals surface area contributed by atoms with Crippen molar-refractivity contribution in [1.82, 2.24) is 4.98 Å². The van der Waals surface area contributed by atoms with Crippen molar-refractivity contribution in [3.63, 3.8) is 0 Å². The zero-order valence-electron chi connectivity index (χ0n) is 10.4. The minimum Gasteiger partial charge on any atom is -0.459 e. The smallest absolute Gasteiger partial charge is 0.311 e. The first kappa shape index (κ1) is 11.7. The van der Waals surface area contributed by atoms with Gasteiger partial charge in [0.15, 0.2) is 0 Å². The van der Waals surface area contributed by atoms with E-state index in [1.165, 1.54) is 0 Å². The number of hydrogen-bond acceptors (Lipinski definition) is 2. The molecule has 0 aliphatic carbocycles. The molecule has 0 radical (unpaired) electrons. The molecule has 3 nitrogen and oxygen atoms in total. The molecule has 1 aromatic carbocycles. The van der Waals surface area contributed by atoms with Crippen LogP contribution >= 0.6 is 0 Å². The van der Waals surface area contributed by atoms with E-state index in [1.54, 1.807) is 0 Å². The van der Waals surface area contributed by atoms with Crippen LogP contribution in [0.25, 0.3) is 10.9 Å². The lowest BCUT2D eigenvalue weighted by Crippen LogP contribution is -2.22. The summed E-state index contributed by atoms with van der Waals surface area (Å²) in [5.41, 5.74) is 1.53. The van der Waals surface area contributed by atoms with Crippen LogP contribution in [0.2, 0.25) is 0 Å². The van der Waals surface area contributed by atoms with Gasteiger partial charge >= 0.3 is 5.97 Å². The number of ether oxygens (including phenoxy) is 1. The van der Waals surface area contributed by atoms with Gasteiger partial charge in [-0.15, -0.1) is 0 Å². The zero-order valence-corrected chi connectivity index (χ0v) is 10.4. The van der Waals surface area contributed by atoms with Gasteiger partial charge in [0.1, 0.15) is 6.61 Å². The summed E-state index contributed by atoms with van der Waals surface area (Å²) in [4.78, 5) is 14.8. The Kier molecular flexibility index (Phi) is 2.92. The van der Waals surface area contributed by atoms with Gasteiger partial charge in [0.2, 0.25) is 0 Å². The fourth-order valence-electron chi connectivity index (χ4n) is 1.57. The molecule has 90 valence electrons. The fourth-order valence-corrected chi connectivity index (χ4v) is 1.57. The lowest BCUT2D eigenvalue weighted by Gasteiger charge is -2.15. The van der Waals surface area contributed by atoms with E-state index in [4.69, 9.17) is 4.74 Å². The van der Waals surface area contributed by atoms with Crippen LogP contribution in [-0.4, -0.2) is 11.0 Å². The summed E-state index contributed by atoms with van der Waals surface area (Å²) in [6.07, 6.45) is 0. The maximum atomic E-state index is 11.6. The standard InChI is InChI=1S/C14H17NO2/c1-14(2,3)13(16)17-9-11-8-10-6-4-5-7-12(10)15-11/h4-8,15H,9H2,1-3H3. The fraction of sp³-hybridized carbons (Fsp3) is 0.357. The lowest BCUT2D eigenvalue weighted by molar-refractivity contribution is -0.154. The van der Waals surface area contributed by atoms with Crippen molar-refractivity contribution in [2.45, 2.75) is 27.4 Å². The predicted octanol–water partition coefficient (Wildman–Crippen LogP) is 3.26. The molecule has 1 heterocycles. The third-order valence-electron chi connectivity index (χ3n) is 2.56. The molecule has 1 N–H and O–H groups in total. The van der Waals surface area contributed by atoms with Crippen LogP contribution in [0.5, 0.6) is 0 Å². The predicted molar refractivity (Wildman–Crippen MR) is 67.5 cm³/mol.